The highest BCUT2D eigenvalue weighted by Gasteiger charge is 2.13. The number of hydrogen-bond acceptors (Lipinski definition) is 4. The van der Waals surface area contributed by atoms with Crippen molar-refractivity contribution in [2.75, 3.05) is 25.7 Å². The quantitative estimate of drug-likeness (QED) is 0.789. The van der Waals surface area contributed by atoms with Crippen molar-refractivity contribution in [2.24, 2.45) is 0 Å². The Morgan fingerprint density at radius 3 is 2.93 bits per heavy atom. The molecule has 0 amide bonds. The van der Waals surface area contributed by atoms with Crippen molar-refractivity contribution < 1.29 is 9.84 Å². The maximum Gasteiger partial charge on any atom is 0.134 e. The van der Waals surface area contributed by atoms with E-state index in [0.717, 1.165) is 11.4 Å². The van der Waals surface area contributed by atoms with Crippen LogP contribution in [0.4, 0.5) is 5.82 Å². The summed E-state index contributed by atoms with van der Waals surface area (Å²) in [6.45, 7) is 2.70. The molecule has 1 aromatic rings. The van der Waals surface area contributed by atoms with Crippen LogP contribution in [0.1, 0.15) is 12.5 Å². The molecular weight excluding hydrogens is 192 g/mol. The SMILES string of the molecule is COCC(C)N(C)c1ncccc1CO. The Morgan fingerprint density at radius 2 is 2.33 bits per heavy atom. The molecule has 0 aliphatic heterocycles. The first-order valence-electron chi connectivity index (χ1n) is 4.97. The predicted molar refractivity (Wildman–Crippen MR) is 59.9 cm³/mol. The lowest BCUT2D eigenvalue weighted by Gasteiger charge is -2.26. The van der Waals surface area contributed by atoms with Gasteiger partial charge in [-0.25, -0.2) is 4.98 Å². The summed E-state index contributed by atoms with van der Waals surface area (Å²) in [7, 11) is 3.63. The van der Waals surface area contributed by atoms with Crippen LogP contribution in [0.5, 0.6) is 0 Å². The number of methoxy groups -OCH3 is 1. The van der Waals surface area contributed by atoms with Gasteiger partial charge >= 0.3 is 0 Å². The number of ether oxygens (including phenoxy) is 1. The lowest BCUT2D eigenvalue weighted by molar-refractivity contribution is 0.183. The van der Waals surface area contributed by atoms with E-state index < -0.39 is 0 Å². The molecule has 0 aliphatic carbocycles. The van der Waals surface area contributed by atoms with Gasteiger partial charge in [-0.2, -0.15) is 0 Å². The normalized spacial score (nSPS) is 12.5. The number of rotatable bonds is 5. The number of nitrogens with zero attached hydrogens (tertiary/aromatic N) is 2. The van der Waals surface area contributed by atoms with Crippen molar-refractivity contribution in [1.29, 1.82) is 0 Å². The van der Waals surface area contributed by atoms with E-state index in [2.05, 4.69) is 11.9 Å². The molecule has 0 spiro atoms. The van der Waals surface area contributed by atoms with E-state index in [1.54, 1.807) is 13.3 Å². The van der Waals surface area contributed by atoms with Crippen molar-refractivity contribution in [2.45, 2.75) is 19.6 Å². The first-order valence-corrected chi connectivity index (χ1v) is 4.97. The summed E-state index contributed by atoms with van der Waals surface area (Å²) in [6, 6.07) is 3.93. The summed E-state index contributed by atoms with van der Waals surface area (Å²) < 4.78 is 5.09. The largest absolute Gasteiger partial charge is 0.392 e. The van der Waals surface area contributed by atoms with E-state index in [0.29, 0.717) is 6.61 Å². The van der Waals surface area contributed by atoms with Crippen LogP contribution in [0.3, 0.4) is 0 Å². The molecule has 0 aromatic carbocycles. The van der Waals surface area contributed by atoms with Crippen molar-refractivity contribution >= 4 is 5.82 Å². The molecule has 84 valence electrons. The minimum atomic E-state index is 0.00716. The summed E-state index contributed by atoms with van der Waals surface area (Å²) in [6.07, 6.45) is 1.73. The molecule has 1 heterocycles. The predicted octanol–water partition coefficient (Wildman–Crippen LogP) is 1.05. The van der Waals surface area contributed by atoms with Crippen molar-refractivity contribution in [3.8, 4) is 0 Å². The third kappa shape index (κ3) is 2.91. The number of likely N-dealkylation sites (N-methyl/N-ethyl adjacent to an activating group) is 1. The van der Waals surface area contributed by atoms with Crippen LogP contribution in [0.25, 0.3) is 0 Å². The molecule has 0 radical (unpaired) electrons. The van der Waals surface area contributed by atoms with Crippen LogP contribution >= 0.6 is 0 Å². The number of anilines is 1. The molecule has 0 saturated carbocycles. The van der Waals surface area contributed by atoms with E-state index in [9.17, 15) is 5.11 Å². The highest BCUT2D eigenvalue weighted by atomic mass is 16.5. The Bertz CT molecular complexity index is 304. The van der Waals surface area contributed by atoms with Crippen LogP contribution in [0, 0.1) is 0 Å². The number of pyridine rings is 1. The van der Waals surface area contributed by atoms with Gasteiger partial charge in [0.05, 0.1) is 19.3 Å². The summed E-state index contributed by atoms with van der Waals surface area (Å²) >= 11 is 0. The molecular formula is C11H18N2O2. The third-order valence-corrected chi connectivity index (χ3v) is 2.44. The molecule has 0 fully saturated rings. The van der Waals surface area contributed by atoms with Gasteiger partial charge in [-0.1, -0.05) is 6.07 Å². The van der Waals surface area contributed by atoms with Gasteiger partial charge < -0.3 is 14.7 Å². The summed E-state index contributed by atoms with van der Waals surface area (Å²) in [5.74, 6) is 0.810. The molecule has 1 atom stereocenters. The number of hydrogen-bond donors (Lipinski definition) is 1. The molecule has 15 heavy (non-hydrogen) atoms. The molecule has 0 saturated heterocycles. The van der Waals surface area contributed by atoms with E-state index in [1.165, 1.54) is 0 Å². The first-order chi connectivity index (χ1) is 7.20. The van der Waals surface area contributed by atoms with Gasteiger partial charge in [0.15, 0.2) is 0 Å². The number of aliphatic hydroxyl groups is 1. The highest BCUT2D eigenvalue weighted by Crippen LogP contribution is 2.17. The maximum absolute atomic E-state index is 9.18. The zero-order valence-corrected chi connectivity index (χ0v) is 9.47. The first kappa shape index (κ1) is 11.9. The molecule has 1 aromatic heterocycles. The van der Waals surface area contributed by atoms with Gasteiger partial charge in [0.2, 0.25) is 0 Å². The van der Waals surface area contributed by atoms with E-state index in [4.69, 9.17) is 4.74 Å². The molecule has 1 N–H and O–H groups in total. The monoisotopic (exact) mass is 210 g/mol. The Kier molecular flexibility index (Phi) is 4.52. The Balaban J connectivity index is 2.84. The van der Waals surface area contributed by atoms with Crippen LogP contribution in [0.2, 0.25) is 0 Å². The van der Waals surface area contributed by atoms with E-state index in [-0.39, 0.29) is 12.6 Å². The van der Waals surface area contributed by atoms with Gasteiger partial charge in [-0.15, -0.1) is 0 Å². The van der Waals surface area contributed by atoms with Crippen molar-refractivity contribution in [3.63, 3.8) is 0 Å². The van der Waals surface area contributed by atoms with Crippen LogP contribution in [0.15, 0.2) is 18.3 Å². The van der Waals surface area contributed by atoms with Crippen LogP contribution < -0.4 is 4.90 Å². The smallest absolute Gasteiger partial charge is 0.134 e. The van der Waals surface area contributed by atoms with Crippen LogP contribution in [-0.4, -0.2) is 36.9 Å². The van der Waals surface area contributed by atoms with Gasteiger partial charge in [0.1, 0.15) is 5.82 Å². The molecule has 0 aliphatic rings. The van der Waals surface area contributed by atoms with E-state index >= 15 is 0 Å². The zero-order chi connectivity index (χ0) is 11.3. The van der Waals surface area contributed by atoms with Gasteiger partial charge in [0.25, 0.3) is 0 Å². The topological polar surface area (TPSA) is 45.6 Å². The summed E-state index contributed by atoms with van der Waals surface area (Å²) in [5.41, 5.74) is 0.836. The fourth-order valence-electron chi connectivity index (χ4n) is 1.43. The average Bonchev–Trinajstić information content (AvgIpc) is 2.28. The lowest BCUT2D eigenvalue weighted by atomic mass is 10.2. The second-order valence-corrected chi connectivity index (χ2v) is 3.56. The highest BCUT2D eigenvalue weighted by molar-refractivity contribution is 5.46. The van der Waals surface area contributed by atoms with Crippen LogP contribution in [-0.2, 0) is 11.3 Å². The average molecular weight is 210 g/mol. The Morgan fingerprint density at radius 1 is 1.60 bits per heavy atom. The van der Waals surface area contributed by atoms with Crippen molar-refractivity contribution in [1.82, 2.24) is 4.98 Å². The van der Waals surface area contributed by atoms with Crippen molar-refractivity contribution in [3.05, 3.63) is 23.9 Å². The minimum Gasteiger partial charge on any atom is -0.392 e. The number of aromatic nitrogens is 1. The summed E-state index contributed by atoms with van der Waals surface area (Å²) in [4.78, 5) is 6.27. The molecule has 1 rings (SSSR count). The zero-order valence-electron chi connectivity index (χ0n) is 9.47. The maximum atomic E-state index is 9.18. The van der Waals surface area contributed by atoms with Gasteiger partial charge in [0, 0.05) is 25.9 Å². The Hall–Kier alpha value is -1.13. The fourth-order valence-corrected chi connectivity index (χ4v) is 1.43. The lowest BCUT2D eigenvalue weighted by Crippen LogP contribution is -2.33. The minimum absolute atomic E-state index is 0.00716. The number of aliphatic hydroxyl groups excluding tert-OH is 1. The molecule has 4 heteroatoms. The second kappa shape index (κ2) is 5.68. The molecule has 0 bridgehead atoms. The van der Waals surface area contributed by atoms with Gasteiger partial charge in [-0.3, -0.25) is 0 Å². The fraction of sp³-hybridized carbons (Fsp3) is 0.545. The second-order valence-electron chi connectivity index (χ2n) is 3.56. The Labute approximate surface area is 90.5 Å². The summed E-state index contributed by atoms with van der Waals surface area (Å²) in [5, 5.41) is 9.18. The standard InChI is InChI=1S/C11H18N2O2/c1-9(8-15-3)13(2)11-10(7-14)5-4-6-12-11/h4-6,9,14H,7-8H2,1-3H3. The van der Waals surface area contributed by atoms with E-state index in [1.807, 2.05) is 24.1 Å². The molecule has 4 nitrogen and oxygen atoms in total. The third-order valence-electron chi connectivity index (χ3n) is 2.44. The molecule has 1 unspecified atom stereocenters. The van der Waals surface area contributed by atoms with Gasteiger partial charge in [-0.05, 0) is 13.0 Å².